The Morgan fingerprint density at radius 2 is 1.66 bits per heavy atom. The molecule has 0 saturated carbocycles. The first-order valence-electron chi connectivity index (χ1n) is 10.5. The number of para-hydroxylation sites is 2. The normalized spacial score (nSPS) is 10.8. The molecule has 0 N–H and O–H groups in total. The van der Waals surface area contributed by atoms with Gasteiger partial charge in [-0.15, -0.1) is 0 Å². The topological polar surface area (TPSA) is 70.4 Å². The first kappa shape index (κ1) is 21.3. The van der Waals surface area contributed by atoms with Crippen molar-refractivity contribution in [2.75, 3.05) is 6.61 Å². The van der Waals surface area contributed by atoms with E-state index in [1.807, 2.05) is 55.5 Å². The van der Waals surface area contributed by atoms with E-state index in [1.165, 1.54) is 0 Å². The smallest absolute Gasteiger partial charge is 0.338 e. The van der Waals surface area contributed by atoms with Crippen molar-refractivity contribution >= 4 is 16.9 Å². The molecule has 3 aromatic carbocycles. The molecule has 32 heavy (non-hydrogen) atoms. The van der Waals surface area contributed by atoms with Crippen LogP contribution in [-0.2, 0) is 17.9 Å². The summed E-state index contributed by atoms with van der Waals surface area (Å²) in [6.45, 7) is 2.70. The summed E-state index contributed by atoms with van der Waals surface area (Å²) < 4.78 is 12.9. The summed E-state index contributed by atoms with van der Waals surface area (Å²) in [5.74, 6) is 0.905. The van der Waals surface area contributed by atoms with Crippen LogP contribution in [0.4, 0.5) is 0 Å². The van der Waals surface area contributed by atoms with E-state index in [0.717, 1.165) is 11.3 Å². The van der Waals surface area contributed by atoms with Crippen LogP contribution in [0.15, 0.2) is 83.7 Å². The van der Waals surface area contributed by atoms with Crippen LogP contribution in [0.25, 0.3) is 10.9 Å². The first-order valence-corrected chi connectivity index (χ1v) is 10.5. The highest BCUT2D eigenvalue weighted by molar-refractivity contribution is 5.89. The third-order valence-corrected chi connectivity index (χ3v) is 5.16. The predicted molar refractivity (Wildman–Crippen MR) is 123 cm³/mol. The molecule has 0 amide bonds. The fourth-order valence-corrected chi connectivity index (χ4v) is 3.46. The molecule has 4 rings (SSSR count). The van der Waals surface area contributed by atoms with Crippen LogP contribution in [0.5, 0.6) is 5.75 Å². The molecular weight excluding hydrogens is 404 g/mol. The van der Waals surface area contributed by atoms with Gasteiger partial charge in [0.1, 0.15) is 18.2 Å². The first-order chi connectivity index (χ1) is 15.6. The van der Waals surface area contributed by atoms with Crippen molar-refractivity contribution in [3.8, 4) is 5.75 Å². The van der Waals surface area contributed by atoms with E-state index in [-0.39, 0.29) is 24.7 Å². The minimum absolute atomic E-state index is 0.131. The fraction of sp³-hybridized carbons (Fsp3) is 0.192. The number of benzene rings is 3. The van der Waals surface area contributed by atoms with Crippen molar-refractivity contribution in [2.45, 2.75) is 26.5 Å². The van der Waals surface area contributed by atoms with E-state index in [9.17, 15) is 9.59 Å². The number of ether oxygens (including phenoxy) is 2. The lowest BCUT2D eigenvalue weighted by Gasteiger charge is -2.15. The number of esters is 1. The molecular formula is C26H24N2O4. The van der Waals surface area contributed by atoms with Crippen LogP contribution in [0.3, 0.4) is 0 Å². The van der Waals surface area contributed by atoms with E-state index in [2.05, 4.69) is 4.98 Å². The highest BCUT2D eigenvalue weighted by Crippen LogP contribution is 2.18. The zero-order valence-electron chi connectivity index (χ0n) is 17.9. The van der Waals surface area contributed by atoms with Gasteiger partial charge in [0, 0.05) is 6.54 Å². The minimum Gasteiger partial charge on any atom is -0.485 e. The van der Waals surface area contributed by atoms with E-state index < -0.39 is 0 Å². The van der Waals surface area contributed by atoms with Crippen LogP contribution < -0.4 is 10.3 Å². The zero-order chi connectivity index (χ0) is 22.3. The van der Waals surface area contributed by atoms with Gasteiger partial charge in [-0.3, -0.25) is 9.36 Å². The van der Waals surface area contributed by atoms with Crippen LogP contribution in [0.2, 0.25) is 0 Å². The Morgan fingerprint density at radius 1 is 0.938 bits per heavy atom. The third-order valence-electron chi connectivity index (χ3n) is 5.16. The number of rotatable bonds is 8. The maximum atomic E-state index is 13.1. The van der Waals surface area contributed by atoms with Gasteiger partial charge >= 0.3 is 5.97 Å². The molecule has 0 aliphatic heterocycles. The van der Waals surface area contributed by atoms with E-state index >= 15 is 0 Å². The van der Waals surface area contributed by atoms with Gasteiger partial charge in [-0.2, -0.15) is 0 Å². The van der Waals surface area contributed by atoms with Crippen LogP contribution in [0, 0.1) is 6.92 Å². The second-order valence-electron chi connectivity index (χ2n) is 7.41. The Bertz CT molecular complexity index is 1280. The molecule has 0 atom stereocenters. The average molecular weight is 428 g/mol. The van der Waals surface area contributed by atoms with Crippen molar-refractivity contribution < 1.29 is 14.3 Å². The minimum atomic E-state index is -0.377. The Morgan fingerprint density at radius 3 is 2.47 bits per heavy atom. The maximum absolute atomic E-state index is 13.1. The van der Waals surface area contributed by atoms with Gasteiger partial charge in [0.2, 0.25) is 0 Å². The molecule has 162 valence electrons. The molecule has 0 aliphatic rings. The SMILES string of the molecule is Cc1ccccc1OCc1nc2ccccc2c(=O)n1CCCOC(=O)c1ccccc1. The summed E-state index contributed by atoms with van der Waals surface area (Å²) in [5, 5.41) is 0.549. The highest BCUT2D eigenvalue weighted by Gasteiger charge is 2.13. The van der Waals surface area contributed by atoms with Crippen LogP contribution in [-0.4, -0.2) is 22.1 Å². The monoisotopic (exact) mass is 428 g/mol. The number of hydrogen-bond donors (Lipinski definition) is 0. The predicted octanol–water partition coefficient (Wildman–Crippen LogP) is 4.53. The number of fused-ring (bicyclic) bond motifs is 1. The number of aryl methyl sites for hydroxylation is 1. The van der Waals surface area contributed by atoms with E-state index in [0.29, 0.717) is 35.3 Å². The molecule has 4 aromatic rings. The fourth-order valence-electron chi connectivity index (χ4n) is 3.46. The summed E-state index contributed by atoms with van der Waals surface area (Å²) in [6.07, 6.45) is 0.482. The van der Waals surface area contributed by atoms with Crippen molar-refractivity contribution in [3.63, 3.8) is 0 Å². The molecule has 1 heterocycles. The van der Waals surface area contributed by atoms with E-state index in [1.54, 1.807) is 34.9 Å². The molecule has 0 unspecified atom stereocenters. The van der Waals surface area contributed by atoms with Gasteiger partial charge < -0.3 is 9.47 Å². The van der Waals surface area contributed by atoms with Crippen molar-refractivity contribution in [2.24, 2.45) is 0 Å². The lowest BCUT2D eigenvalue weighted by atomic mass is 10.2. The molecule has 0 aliphatic carbocycles. The van der Waals surface area contributed by atoms with Gasteiger partial charge in [-0.05, 0) is 49.2 Å². The quantitative estimate of drug-likeness (QED) is 0.305. The Labute approximate surface area is 186 Å². The number of carbonyl (C=O) groups is 1. The molecule has 0 radical (unpaired) electrons. The average Bonchev–Trinajstić information content (AvgIpc) is 2.83. The molecule has 6 heteroatoms. The van der Waals surface area contributed by atoms with Crippen LogP contribution >= 0.6 is 0 Å². The Balaban J connectivity index is 1.50. The highest BCUT2D eigenvalue weighted by atomic mass is 16.5. The number of carbonyl (C=O) groups excluding carboxylic acids is 1. The summed E-state index contributed by atoms with van der Waals surface area (Å²) >= 11 is 0. The van der Waals surface area contributed by atoms with Gasteiger partial charge in [-0.25, -0.2) is 9.78 Å². The second-order valence-corrected chi connectivity index (χ2v) is 7.41. The van der Waals surface area contributed by atoms with Gasteiger partial charge in [-0.1, -0.05) is 48.5 Å². The van der Waals surface area contributed by atoms with Crippen LogP contribution in [0.1, 0.15) is 28.2 Å². The number of nitrogens with zero attached hydrogens (tertiary/aromatic N) is 2. The third kappa shape index (κ3) is 4.86. The lowest BCUT2D eigenvalue weighted by molar-refractivity contribution is 0.0495. The summed E-state index contributed by atoms with van der Waals surface area (Å²) in [4.78, 5) is 29.9. The molecule has 6 nitrogen and oxygen atoms in total. The standard InChI is InChI=1S/C26H24N2O4/c1-19-10-5-8-15-23(19)32-18-24-27-22-14-7-6-13-21(22)25(29)28(24)16-9-17-31-26(30)20-11-3-2-4-12-20/h2-8,10-15H,9,16-18H2,1H3. The Hall–Kier alpha value is -3.93. The Kier molecular flexibility index (Phi) is 6.60. The van der Waals surface area contributed by atoms with Gasteiger partial charge in [0.25, 0.3) is 5.56 Å². The van der Waals surface area contributed by atoms with Gasteiger partial charge in [0.05, 0.1) is 23.1 Å². The summed E-state index contributed by atoms with van der Waals surface area (Å²) in [5.41, 5.74) is 2.01. The molecule has 0 bridgehead atoms. The number of hydrogen-bond acceptors (Lipinski definition) is 5. The molecule has 0 fully saturated rings. The van der Waals surface area contributed by atoms with E-state index in [4.69, 9.17) is 9.47 Å². The van der Waals surface area contributed by atoms with Gasteiger partial charge in [0.15, 0.2) is 0 Å². The second kappa shape index (κ2) is 9.92. The summed E-state index contributed by atoms with van der Waals surface area (Å²) in [6, 6.07) is 23.8. The van der Waals surface area contributed by atoms with Crippen molar-refractivity contribution in [1.29, 1.82) is 0 Å². The maximum Gasteiger partial charge on any atom is 0.338 e. The zero-order valence-corrected chi connectivity index (χ0v) is 17.9. The molecule has 0 spiro atoms. The molecule has 1 aromatic heterocycles. The lowest BCUT2D eigenvalue weighted by Crippen LogP contribution is -2.27. The summed E-state index contributed by atoms with van der Waals surface area (Å²) in [7, 11) is 0. The van der Waals surface area contributed by atoms with Crippen molar-refractivity contribution in [1.82, 2.24) is 9.55 Å². The number of aromatic nitrogens is 2. The largest absolute Gasteiger partial charge is 0.485 e. The van der Waals surface area contributed by atoms with Crippen molar-refractivity contribution in [3.05, 3.63) is 106 Å². The molecule has 0 saturated heterocycles.